The van der Waals surface area contributed by atoms with Gasteiger partial charge in [0, 0.05) is 5.56 Å². The van der Waals surface area contributed by atoms with Gasteiger partial charge in [-0.05, 0) is 31.4 Å². The predicted octanol–water partition coefficient (Wildman–Crippen LogP) is 3.23. The van der Waals surface area contributed by atoms with Crippen LogP contribution in [-0.2, 0) is 11.2 Å². The first-order chi connectivity index (χ1) is 7.88. The smallest absolute Gasteiger partial charge is 0.306 e. The number of halogens is 1. The molecular weight excluding hydrogens is 240 g/mol. The zero-order valence-corrected chi connectivity index (χ0v) is 11.3. The first-order valence-electron chi connectivity index (χ1n) is 5.43. The van der Waals surface area contributed by atoms with E-state index in [-0.39, 0.29) is 0 Å². The van der Waals surface area contributed by atoms with Gasteiger partial charge >= 0.3 is 5.97 Å². The molecule has 0 aliphatic heterocycles. The standard InChI is InChI=1S/C13H17ClO3/c1-7-5-10(6-8(2)13(15)16)12(17-4)9(3)11(7)14/h5,8H,6H2,1-4H3,(H,15,16). The van der Waals surface area contributed by atoms with Gasteiger partial charge in [0.1, 0.15) is 5.75 Å². The summed E-state index contributed by atoms with van der Waals surface area (Å²) in [6.45, 7) is 5.47. The minimum Gasteiger partial charge on any atom is -0.496 e. The van der Waals surface area contributed by atoms with E-state index in [0.29, 0.717) is 17.2 Å². The number of carboxylic acid groups (broad SMARTS) is 1. The van der Waals surface area contributed by atoms with Gasteiger partial charge in [0.2, 0.25) is 0 Å². The second-order valence-electron chi connectivity index (χ2n) is 4.27. The normalized spacial score (nSPS) is 12.3. The summed E-state index contributed by atoms with van der Waals surface area (Å²) in [6, 6.07) is 1.90. The van der Waals surface area contributed by atoms with Crippen molar-refractivity contribution < 1.29 is 14.6 Å². The van der Waals surface area contributed by atoms with Crippen LogP contribution in [0, 0.1) is 19.8 Å². The minimum atomic E-state index is -0.808. The maximum Gasteiger partial charge on any atom is 0.306 e. The van der Waals surface area contributed by atoms with Gasteiger partial charge in [0.05, 0.1) is 18.1 Å². The monoisotopic (exact) mass is 256 g/mol. The molecule has 1 aromatic carbocycles. The number of benzene rings is 1. The lowest BCUT2D eigenvalue weighted by Gasteiger charge is -2.16. The third kappa shape index (κ3) is 2.91. The molecule has 0 saturated carbocycles. The van der Waals surface area contributed by atoms with Crippen LogP contribution in [-0.4, -0.2) is 18.2 Å². The molecule has 1 N–H and O–H groups in total. The maximum atomic E-state index is 10.9. The molecular formula is C13H17ClO3. The van der Waals surface area contributed by atoms with Crippen molar-refractivity contribution in [2.24, 2.45) is 5.92 Å². The fourth-order valence-electron chi connectivity index (χ4n) is 1.88. The molecule has 0 spiro atoms. The van der Waals surface area contributed by atoms with Crippen molar-refractivity contribution in [1.29, 1.82) is 0 Å². The molecule has 1 unspecified atom stereocenters. The topological polar surface area (TPSA) is 46.5 Å². The van der Waals surface area contributed by atoms with E-state index >= 15 is 0 Å². The van der Waals surface area contributed by atoms with Crippen LogP contribution in [0.3, 0.4) is 0 Å². The number of carboxylic acids is 1. The molecule has 0 aliphatic rings. The highest BCUT2D eigenvalue weighted by molar-refractivity contribution is 6.32. The molecule has 0 heterocycles. The molecule has 0 saturated heterocycles. The molecule has 1 atom stereocenters. The molecule has 0 aliphatic carbocycles. The zero-order chi connectivity index (χ0) is 13.2. The summed E-state index contributed by atoms with van der Waals surface area (Å²) < 4.78 is 5.32. The Bertz CT molecular complexity index is 441. The summed E-state index contributed by atoms with van der Waals surface area (Å²) in [5.41, 5.74) is 2.70. The van der Waals surface area contributed by atoms with E-state index < -0.39 is 11.9 Å². The molecule has 17 heavy (non-hydrogen) atoms. The third-order valence-electron chi connectivity index (χ3n) is 2.85. The number of hydrogen-bond acceptors (Lipinski definition) is 2. The summed E-state index contributed by atoms with van der Waals surface area (Å²) in [6.07, 6.45) is 0.442. The second kappa shape index (κ2) is 5.41. The van der Waals surface area contributed by atoms with Crippen molar-refractivity contribution in [3.63, 3.8) is 0 Å². The van der Waals surface area contributed by atoms with Crippen LogP contribution in [0.1, 0.15) is 23.6 Å². The SMILES string of the molecule is COc1c(CC(C)C(=O)O)cc(C)c(Cl)c1C. The minimum absolute atomic E-state index is 0.441. The van der Waals surface area contributed by atoms with Crippen LogP contribution < -0.4 is 4.74 Å². The van der Waals surface area contributed by atoms with Gasteiger partial charge in [-0.15, -0.1) is 0 Å². The van der Waals surface area contributed by atoms with E-state index in [1.54, 1.807) is 14.0 Å². The van der Waals surface area contributed by atoms with E-state index in [0.717, 1.165) is 16.7 Å². The lowest BCUT2D eigenvalue weighted by molar-refractivity contribution is -0.141. The number of hydrogen-bond donors (Lipinski definition) is 1. The van der Waals surface area contributed by atoms with E-state index in [9.17, 15) is 4.79 Å². The first-order valence-corrected chi connectivity index (χ1v) is 5.81. The van der Waals surface area contributed by atoms with Gasteiger partial charge in [0.15, 0.2) is 0 Å². The molecule has 4 heteroatoms. The number of ether oxygens (including phenoxy) is 1. The Morgan fingerprint density at radius 3 is 2.59 bits per heavy atom. The van der Waals surface area contributed by atoms with Crippen molar-refractivity contribution >= 4 is 17.6 Å². The van der Waals surface area contributed by atoms with Crippen molar-refractivity contribution in [1.82, 2.24) is 0 Å². The highest BCUT2D eigenvalue weighted by Gasteiger charge is 2.18. The Kier molecular flexibility index (Phi) is 4.40. The molecule has 0 radical (unpaired) electrons. The zero-order valence-electron chi connectivity index (χ0n) is 10.5. The predicted molar refractivity (Wildman–Crippen MR) is 68.0 cm³/mol. The van der Waals surface area contributed by atoms with E-state index in [4.69, 9.17) is 21.4 Å². The Labute approximate surface area is 106 Å². The van der Waals surface area contributed by atoms with E-state index in [2.05, 4.69) is 0 Å². The van der Waals surface area contributed by atoms with Crippen molar-refractivity contribution in [3.05, 3.63) is 27.8 Å². The molecule has 3 nitrogen and oxygen atoms in total. The van der Waals surface area contributed by atoms with E-state index in [1.807, 2.05) is 19.9 Å². The van der Waals surface area contributed by atoms with Crippen molar-refractivity contribution in [2.45, 2.75) is 27.2 Å². The Morgan fingerprint density at radius 1 is 1.53 bits per heavy atom. The van der Waals surface area contributed by atoms with Crippen molar-refractivity contribution in [3.8, 4) is 5.75 Å². The average molecular weight is 257 g/mol. The molecule has 94 valence electrons. The molecule has 1 aromatic rings. The van der Waals surface area contributed by atoms with Crippen LogP contribution in [0.25, 0.3) is 0 Å². The van der Waals surface area contributed by atoms with Gasteiger partial charge < -0.3 is 9.84 Å². The van der Waals surface area contributed by atoms with Gasteiger partial charge in [-0.1, -0.05) is 24.6 Å². The van der Waals surface area contributed by atoms with Gasteiger partial charge in [0.25, 0.3) is 0 Å². The highest BCUT2D eigenvalue weighted by Crippen LogP contribution is 2.33. The molecule has 0 bridgehead atoms. The lowest BCUT2D eigenvalue weighted by atomic mass is 9.96. The van der Waals surface area contributed by atoms with Crippen LogP contribution >= 0.6 is 11.6 Å². The fraction of sp³-hybridized carbons (Fsp3) is 0.462. The second-order valence-corrected chi connectivity index (χ2v) is 4.65. The highest BCUT2D eigenvalue weighted by atomic mass is 35.5. The van der Waals surface area contributed by atoms with Crippen LogP contribution in [0.5, 0.6) is 5.75 Å². The molecule has 0 fully saturated rings. The fourth-order valence-corrected chi connectivity index (χ4v) is 2.02. The average Bonchev–Trinajstić information content (AvgIpc) is 2.26. The maximum absolute atomic E-state index is 10.9. The number of rotatable bonds is 4. The Hall–Kier alpha value is -1.22. The number of aliphatic carboxylic acids is 1. The lowest BCUT2D eigenvalue weighted by Crippen LogP contribution is -2.13. The van der Waals surface area contributed by atoms with Gasteiger partial charge in [-0.2, -0.15) is 0 Å². The van der Waals surface area contributed by atoms with Crippen LogP contribution in [0.15, 0.2) is 6.07 Å². The quantitative estimate of drug-likeness (QED) is 0.900. The van der Waals surface area contributed by atoms with Gasteiger partial charge in [-0.25, -0.2) is 0 Å². The molecule has 1 rings (SSSR count). The van der Waals surface area contributed by atoms with Crippen molar-refractivity contribution in [2.75, 3.05) is 7.11 Å². The largest absolute Gasteiger partial charge is 0.496 e. The van der Waals surface area contributed by atoms with E-state index in [1.165, 1.54) is 0 Å². The summed E-state index contributed by atoms with van der Waals surface area (Å²) in [5.74, 6) is -0.560. The Morgan fingerprint density at radius 2 is 2.12 bits per heavy atom. The summed E-state index contributed by atoms with van der Waals surface area (Å²) >= 11 is 6.14. The number of methoxy groups -OCH3 is 1. The third-order valence-corrected chi connectivity index (χ3v) is 3.43. The summed E-state index contributed by atoms with van der Waals surface area (Å²) in [7, 11) is 1.57. The molecule has 0 amide bonds. The summed E-state index contributed by atoms with van der Waals surface area (Å²) in [4.78, 5) is 10.9. The first kappa shape index (κ1) is 13.8. The number of carbonyl (C=O) groups is 1. The molecule has 0 aromatic heterocycles. The number of aryl methyl sites for hydroxylation is 1. The Balaban J connectivity index is 3.19. The van der Waals surface area contributed by atoms with Crippen LogP contribution in [0.2, 0.25) is 5.02 Å². The van der Waals surface area contributed by atoms with Crippen LogP contribution in [0.4, 0.5) is 0 Å². The summed E-state index contributed by atoms with van der Waals surface area (Å²) in [5, 5.41) is 9.61. The van der Waals surface area contributed by atoms with Gasteiger partial charge in [-0.3, -0.25) is 4.79 Å².